The summed E-state index contributed by atoms with van der Waals surface area (Å²) < 4.78 is 0. The number of para-hydroxylation sites is 2. The largest absolute Gasteiger partial charge is 0.481 e. The molecule has 0 aliphatic heterocycles. The van der Waals surface area contributed by atoms with Crippen LogP contribution in [0, 0.1) is 0 Å². The second kappa shape index (κ2) is 14.4. The van der Waals surface area contributed by atoms with E-state index in [1.54, 1.807) is 18.5 Å². The van der Waals surface area contributed by atoms with Gasteiger partial charge in [-0.2, -0.15) is 0 Å². The molecule has 3 aromatic heterocycles. The van der Waals surface area contributed by atoms with Crippen molar-refractivity contribution in [2.75, 3.05) is 0 Å². The predicted molar refractivity (Wildman–Crippen MR) is 170 cm³/mol. The van der Waals surface area contributed by atoms with Gasteiger partial charge in [0.15, 0.2) is 0 Å². The minimum atomic E-state index is -1.59. The summed E-state index contributed by atoms with van der Waals surface area (Å²) in [4.78, 5) is 76.9. The number of nitrogens with zero attached hydrogens (tertiary/aromatic N) is 1. The summed E-state index contributed by atoms with van der Waals surface area (Å²) in [5, 5.41) is 28.4. The van der Waals surface area contributed by atoms with Crippen molar-refractivity contribution >= 4 is 51.5 Å². The Balaban J connectivity index is 1.34. The van der Waals surface area contributed by atoms with E-state index in [0.717, 1.165) is 27.4 Å². The summed E-state index contributed by atoms with van der Waals surface area (Å²) in [5.41, 5.74) is 9.67. The van der Waals surface area contributed by atoms with Crippen molar-refractivity contribution < 1.29 is 34.2 Å². The maximum atomic E-state index is 13.6. The molecular formula is C32H34N8O7. The predicted octanol–water partition coefficient (Wildman–Crippen LogP) is 0.741. The minimum Gasteiger partial charge on any atom is -0.481 e. The molecule has 15 heteroatoms. The first kappa shape index (κ1) is 32.4. The van der Waals surface area contributed by atoms with Crippen LogP contribution in [0.25, 0.3) is 21.8 Å². The van der Waals surface area contributed by atoms with E-state index >= 15 is 0 Å². The molecule has 0 aliphatic carbocycles. The van der Waals surface area contributed by atoms with E-state index in [2.05, 4.69) is 35.9 Å². The van der Waals surface area contributed by atoms with Crippen LogP contribution >= 0.6 is 0 Å². The van der Waals surface area contributed by atoms with Crippen molar-refractivity contribution in [3.05, 3.63) is 90.3 Å². The van der Waals surface area contributed by atoms with Gasteiger partial charge in [0.1, 0.15) is 18.1 Å². The van der Waals surface area contributed by atoms with Crippen molar-refractivity contribution in [1.29, 1.82) is 0 Å². The standard InChI is InChI=1S/C32H34N8O7/c33-22(9-17-13-35-23-7-3-1-5-20(17)23)29(43)38-26(12-28(41)42)31(45)39-25(10-18-14-36-24-8-4-2-6-21(18)24)30(44)40-27(32(46)47)11-19-15-34-16-37-19/h1-8,13-16,22,25-27,35-36H,9-12,33H2,(H,34,37)(H,38,43)(H,39,45)(H,40,44)(H,41,42)(H,46,47). The average molecular weight is 643 g/mol. The number of amides is 3. The van der Waals surface area contributed by atoms with Crippen LogP contribution in [0.5, 0.6) is 0 Å². The smallest absolute Gasteiger partial charge is 0.326 e. The summed E-state index contributed by atoms with van der Waals surface area (Å²) in [6.07, 6.45) is 5.31. The Bertz CT molecular complexity index is 1900. The fourth-order valence-electron chi connectivity index (χ4n) is 5.38. The van der Waals surface area contributed by atoms with Crippen molar-refractivity contribution in [2.24, 2.45) is 5.73 Å². The third kappa shape index (κ3) is 8.01. The lowest BCUT2D eigenvalue weighted by molar-refractivity contribution is -0.143. The number of aliphatic carboxylic acids is 2. The van der Waals surface area contributed by atoms with Gasteiger partial charge in [0, 0.05) is 58.9 Å². The van der Waals surface area contributed by atoms with E-state index < -0.39 is 60.2 Å². The van der Waals surface area contributed by atoms with E-state index in [4.69, 9.17) is 5.73 Å². The molecule has 2 aromatic carbocycles. The normalized spacial score (nSPS) is 13.8. The molecule has 5 rings (SSSR count). The van der Waals surface area contributed by atoms with Gasteiger partial charge in [0.2, 0.25) is 17.7 Å². The summed E-state index contributed by atoms with van der Waals surface area (Å²) in [6, 6.07) is 9.28. The zero-order valence-corrected chi connectivity index (χ0v) is 25.0. The number of carboxylic acids is 2. The number of carbonyl (C=O) groups is 5. The van der Waals surface area contributed by atoms with Crippen LogP contribution in [0.1, 0.15) is 23.2 Å². The number of nitrogens with two attached hydrogens (primary N) is 1. The van der Waals surface area contributed by atoms with Crippen LogP contribution in [0.15, 0.2) is 73.4 Å². The lowest BCUT2D eigenvalue weighted by atomic mass is 10.0. The van der Waals surface area contributed by atoms with Gasteiger partial charge in [-0.3, -0.25) is 19.2 Å². The van der Waals surface area contributed by atoms with E-state index in [0.29, 0.717) is 11.3 Å². The first-order chi connectivity index (χ1) is 22.6. The summed E-state index contributed by atoms with van der Waals surface area (Å²) in [6.45, 7) is 0. The highest BCUT2D eigenvalue weighted by atomic mass is 16.4. The molecule has 0 aliphatic rings. The SMILES string of the molecule is NC(Cc1c[nH]c2ccccc12)C(=O)NC(CC(=O)O)C(=O)NC(Cc1c[nH]c2ccccc12)C(=O)NC(Cc1cnc[nH]1)C(=O)O. The van der Waals surface area contributed by atoms with Gasteiger partial charge in [-0.1, -0.05) is 36.4 Å². The number of benzene rings is 2. The lowest BCUT2D eigenvalue weighted by Crippen LogP contribution is -2.58. The minimum absolute atomic E-state index is 0.0776. The number of nitrogens with one attached hydrogen (secondary N) is 6. The molecule has 4 unspecified atom stereocenters. The van der Waals surface area contributed by atoms with Crippen LogP contribution in [0.2, 0.25) is 0 Å². The van der Waals surface area contributed by atoms with Crippen molar-refractivity contribution in [1.82, 2.24) is 35.9 Å². The van der Waals surface area contributed by atoms with Crippen LogP contribution in [-0.2, 0) is 43.2 Å². The number of hydrogen-bond donors (Lipinski definition) is 9. The Morgan fingerprint density at radius 1 is 0.702 bits per heavy atom. The number of rotatable bonds is 15. The highest BCUT2D eigenvalue weighted by molar-refractivity contribution is 5.96. The van der Waals surface area contributed by atoms with Crippen molar-refractivity contribution in [3.8, 4) is 0 Å². The van der Waals surface area contributed by atoms with Gasteiger partial charge in [-0.25, -0.2) is 9.78 Å². The molecule has 0 fully saturated rings. The Labute approximate surface area is 267 Å². The topological polar surface area (TPSA) is 248 Å². The first-order valence-corrected chi connectivity index (χ1v) is 14.8. The average Bonchev–Trinajstić information content (AvgIpc) is 3.81. The van der Waals surface area contributed by atoms with E-state index in [1.807, 2.05) is 42.5 Å². The lowest BCUT2D eigenvalue weighted by Gasteiger charge is -2.24. The number of hydrogen-bond acceptors (Lipinski definition) is 7. The van der Waals surface area contributed by atoms with Crippen molar-refractivity contribution in [3.63, 3.8) is 0 Å². The zero-order chi connectivity index (χ0) is 33.5. The maximum Gasteiger partial charge on any atom is 0.326 e. The van der Waals surface area contributed by atoms with Gasteiger partial charge in [0.25, 0.3) is 0 Å². The molecule has 0 saturated carbocycles. The molecule has 244 valence electrons. The fraction of sp³-hybridized carbons (Fsp3) is 0.250. The molecule has 5 aromatic rings. The third-order valence-electron chi connectivity index (χ3n) is 7.79. The van der Waals surface area contributed by atoms with E-state index in [1.165, 1.54) is 12.5 Å². The van der Waals surface area contributed by atoms with Crippen LogP contribution in [-0.4, -0.2) is 84.0 Å². The molecule has 4 atom stereocenters. The van der Waals surface area contributed by atoms with Gasteiger partial charge in [0.05, 0.1) is 18.8 Å². The Kier molecular flexibility index (Phi) is 9.96. The molecule has 0 radical (unpaired) electrons. The number of aromatic nitrogens is 4. The second-order valence-corrected chi connectivity index (χ2v) is 11.1. The zero-order valence-electron chi connectivity index (χ0n) is 25.0. The van der Waals surface area contributed by atoms with Gasteiger partial charge < -0.3 is 46.8 Å². The molecule has 3 heterocycles. The molecular weight excluding hydrogens is 608 g/mol. The van der Waals surface area contributed by atoms with Gasteiger partial charge in [-0.15, -0.1) is 0 Å². The Hall–Kier alpha value is -5.96. The molecule has 15 nitrogen and oxygen atoms in total. The number of aromatic amines is 3. The first-order valence-electron chi connectivity index (χ1n) is 14.8. The molecule has 47 heavy (non-hydrogen) atoms. The van der Waals surface area contributed by atoms with Crippen LogP contribution in [0.4, 0.5) is 0 Å². The maximum absolute atomic E-state index is 13.6. The number of imidazole rings is 1. The Morgan fingerprint density at radius 3 is 1.83 bits per heavy atom. The molecule has 10 N–H and O–H groups in total. The highest BCUT2D eigenvalue weighted by Gasteiger charge is 2.32. The molecule has 0 saturated heterocycles. The van der Waals surface area contributed by atoms with Gasteiger partial charge >= 0.3 is 11.9 Å². The number of carboxylic acid groups (broad SMARTS) is 2. The third-order valence-corrected chi connectivity index (χ3v) is 7.79. The van der Waals surface area contributed by atoms with Crippen LogP contribution < -0.4 is 21.7 Å². The number of carbonyl (C=O) groups excluding carboxylic acids is 3. The molecule has 0 spiro atoms. The Morgan fingerprint density at radius 2 is 1.26 bits per heavy atom. The monoisotopic (exact) mass is 642 g/mol. The summed E-state index contributed by atoms with van der Waals surface area (Å²) in [7, 11) is 0. The number of H-pyrrole nitrogens is 3. The second-order valence-electron chi connectivity index (χ2n) is 11.1. The fourth-order valence-corrected chi connectivity index (χ4v) is 5.38. The van der Waals surface area contributed by atoms with E-state index in [9.17, 15) is 34.2 Å². The van der Waals surface area contributed by atoms with Crippen LogP contribution in [0.3, 0.4) is 0 Å². The van der Waals surface area contributed by atoms with Crippen molar-refractivity contribution in [2.45, 2.75) is 49.9 Å². The van der Waals surface area contributed by atoms with Gasteiger partial charge in [-0.05, 0) is 29.7 Å². The summed E-state index contributed by atoms with van der Waals surface area (Å²) >= 11 is 0. The number of fused-ring (bicyclic) bond motifs is 2. The molecule has 0 bridgehead atoms. The highest BCUT2D eigenvalue weighted by Crippen LogP contribution is 2.20. The summed E-state index contributed by atoms with van der Waals surface area (Å²) in [5.74, 6) is -5.24. The quantitative estimate of drug-likeness (QED) is 0.0780. The van der Waals surface area contributed by atoms with E-state index in [-0.39, 0.29) is 19.3 Å². The molecule has 3 amide bonds.